The van der Waals surface area contributed by atoms with Crippen LogP contribution in [0.3, 0.4) is 0 Å². The Balaban J connectivity index is 3.68. The Morgan fingerprint density at radius 3 is 1.42 bits per heavy atom. The monoisotopic (exact) mass is 260 g/mol. The van der Waals surface area contributed by atoms with Crippen molar-refractivity contribution in [2.45, 2.75) is 81.1 Å². The van der Waals surface area contributed by atoms with Gasteiger partial charge in [-0.2, -0.15) is 0 Å². The lowest BCUT2D eigenvalue weighted by atomic mass is 9.73. The first kappa shape index (κ1) is 16.3. The maximum absolute atomic E-state index is 2.34. The van der Waals surface area contributed by atoms with E-state index in [0.29, 0.717) is 5.41 Å². The minimum absolute atomic E-state index is 0.216. The Hall–Kier alpha value is -0.780. The average Bonchev–Trinajstić information content (AvgIpc) is 2.19. The molecule has 0 amide bonds. The zero-order chi connectivity index (χ0) is 15.2. The molecule has 19 heavy (non-hydrogen) atoms. The van der Waals surface area contributed by atoms with Crippen LogP contribution in [0.1, 0.15) is 74.9 Å². The van der Waals surface area contributed by atoms with Crippen LogP contribution in [-0.2, 0) is 11.8 Å². The first-order valence-electron chi connectivity index (χ1n) is 7.46. The van der Waals surface area contributed by atoms with Crippen molar-refractivity contribution in [2.24, 2.45) is 5.41 Å². The molecule has 1 aromatic rings. The van der Waals surface area contributed by atoms with Crippen LogP contribution in [0.4, 0.5) is 0 Å². The van der Waals surface area contributed by atoms with Crippen LogP contribution < -0.4 is 0 Å². The van der Waals surface area contributed by atoms with Gasteiger partial charge in [0.15, 0.2) is 0 Å². The van der Waals surface area contributed by atoms with E-state index in [1.807, 2.05) is 0 Å². The SMILES string of the molecule is Cc1c(C)c(C)c(C(C)(C)C)c(CC(C)(C)C)c1C. The van der Waals surface area contributed by atoms with Gasteiger partial charge in [-0.05, 0) is 78.3 Å². The third kappa shape index (κ3) is 3.41. The second kappa shape index (κ2) is 4.96. The molecule has 0 nitrogen and oxygen atoms in total. The van der Waals surface area contributed by atoms with Gasteiger partial charge in [-0.1, -0.05) is 41.5 Å². The van der Waals surface area contributed by atoms with Crippen molar-refractivity contribution >= 4 is 0 Å². The molecular formula is C19H32. The Morgan fingerprint density at radius 2 is 1.05 bits per heavy atom. The van der Waals surface area contributed by atoms with Crippen molar-refractivity contribution in [1.29, 1.82) is 0 Å². The smallest absolute Gasteiger partial charge is 0.0126 e. The summed E-state index contributed by atoms with van der Waals surface area (Å²) in [5.74, 6) is 0. The van der Waals surface area contributed by atoms with E-state index in [9.17, 15) is 0 Å². The summed E-state index contributed by atoms with van der Waals surface area (Å²) in [5.41, 5.74) is 9.65. The molecule has 1 aromatic carbocycles. The van der Waals surface area contributed by atoms with Crippen LogP contribution in [0.25, 0.3) is 0 Å². The third-order valence-corrected chi connectivity index (χ3v) is 4.27. The normalized spacial score (nSPS) is 12.9. The van der Waals surface area contributed by atoms with E-state index in [1.165, 1.54) is 22.3 Å². The molecule has 0 saturated carbocycles. The summed E-state index contributed by atoms with van der Waals surface area (Å²) >= 11 is 0. The van der Waals surface area contributed by atoms with E-state index in [1.54, 1.807) is 11.1 Å². The number of hydrogen-bond donors (Lipinski definition) is 0. The van der Waals surface area contributed by atoms with E-state index in [4.69, 9.17) is 0 Å². The van der Waals surface area contributed by atoms with Gasteiger partial charge in [0.25, 0.3) is 0 Å². The fraction of sp³-hybridized carbons (Fsp3) is 0.684. The molecule has 0 unspecified atom stereocenters. The summed E-state index contributed by atoms with van der Waals surface area (Å²) in [6, 6.07) is 0. The predicted octanol–water partition coefficient (Wildman–Crippen LogP) is 5.81. The summed E-state index contributed by atoms with van der Waals surface area (Å²) in [4.78, 5) is 0. The Labute approximate surface area is 120 Å². The van der Waals surface area contributed by atoms with Crippen LogP contribution in [-0.4, -0.2) is 0 Å². The Kier molecular flexibility index (Phi) is 4.25. The second-order valence-corrected chi connectivity index (χ2v) is 8.34. The van der Waals surface area contributed by atoms with Crippen LogP contribution in [0, 0.1) is 33.1 Å². The van der Waals surface area contributed by atoms with Crippen molar-refractivity contribution in [3.63, 3.8) is 0 Å². The lowest BCUT2D eigenvalue weighted by Gasteiger charge is -2.32. The quantitative estimate of drug-likeness (QED) is 0.598. The summed E-state index contributed by atoms with van der Waals surface area (Å²) < 4.78 is 0. The summed E-state index contributed by atoms with van der Waals surface area (Å²) in [6.07, 6.45) is 1.16. The van der Waals surface area contributed by atoms with E-state index in [-0.39, 0.29) is 5.41 Å². The van der Waals surface area contributed by atoms with Crippen LogP contribution in [0.2, 0.25) is 0 Å². The van der Waals surface area contributed by atoms with Gasteiger partial charge in [-0.25, -0.2) is 0 Å². The molecular weight excluding hydrogens is 228 g/mol. The summed E-state index contributed by atoms with van der Waals surface area (Å²) in [5, 5.41) is 0. The van der Waals surface area contributed by atoms with Gasteiger partial charge in [0, 0.05) is 0 Å². The first-order chi connectivity index (χ1) is 8.36. The maximum Gasteiger partial charge on any atom is -0.0126 e. The van der Waals surface area contributed by atoms with Crippen molar-refractivity contribution in [2.75, 3.05) is 0 Å². The second-order valence-electron chi connectivity index (χ2n) is 8.34. The molecule has 0 aromatic heterocycles. The lowest BCUT2D eigenvalue weighted by molar-refractivity contribution is 0.404. The first-order valence-corrected chi connectivity index (χ1v) is 7.46. The third-order valence-electron chi connectivity index (χ3n) is 4.27. The highest BCUT2D eigenvalue weighted by Gasteiger charge is 2.26. The molecule has 0 aliphatic carbocycles. The van der Waals surface area contributed by atoms with E-state index in [2.05, 4.69) is 69.2 Å². The summed E-state index contributed by atoms with van der Waals surface area (Å²) in [7, 11) is 0. The molecule has 0 saturated heterocycles. The topological polar surface area (TPSA) is 0 Å². The van der Waals surface area contributed by atoms with Gasteiger partial charge < -0.3 is 0 Å². The minimum Gasteiger partial charge on any atom is -0.0599 e. The van der Waals surface area contributed by atoms with Crippen molar-refractivity contribution < 1.29 is 0 Å². The Morgan fingerprint density at radius 1 is 0.632 bits per heavy atom. The van der Waals surface area contributed by atoms with Crippen LogP contribution in [0.15, 0.2) is 0 Å². The van der Waals surface area contributed by atoms with Gasteiger partial charge in [0.1, 0.15) is 0 Å². The molecule has 0 aliphatic heterocycles. The Bertz CT molecular complexity index is 476. The highest BCUT2D eigenvalue weighted by molar-refractivity contribution is 5.52. The highest BCUT2D eigenvalue weighted by atomic mass is 14.3. The van der Waals surface area contributed by atoms with Gasteiger partial charge in [0.2, 0.25) is 0 Å². The van der Waals surface area contributed by atoms with Gasteiger partial charge in [-0.15, -0.1) is 0 Å². The zero-order valence-corrected chi connectivity index (χ0v) is 14.7. The van der Waals surface area contributed by atoms with E-state index in [0.717, 1.165) is 6.42 Å². The number of hydrogen-bond acceptors (Lipinski definition) is 0. The highest BCUT2D eigenvalue weighted by Crippen LogP contribution is 2.38. The minimum atomic E-state index is 0.216. The fourth-order valence-electron chi connectivity index (χ4n) is 3.16. The van der Waals surface area contributed by atoms with Crippen LogP contribution >= 0.6 is 0 Å². The molecule has 0 radical (unpaired) electrons. The fourth-order valence-corrected chi connectivity index (χ4v) is 3.16. The van der Waals surface area contributed by atoms with Gasteiger partial charge in [-0.3, -0.25) is 0 Å². The maximum atomic E-state index is 2.34. The zero-order valence-electron chi connectivity index (χ0n) is 14.7. The van der Waals surface area contributed by atoms with Gasteiger partial charge >= 0.3 is 0 Å². The molecule has 0 fully saturated rings. The molecule has 1 rings (SSSR count). The molecule has 0 bridgehead atoms. The van der Waals surface area contributed by atoms with E-state index < -0.39 is 0 Å². The average molecular weight is 260 g/mol. The molecule has 0 heterocycles. The van der Waals surface area contributed by atoms with E-state index >= 15 is 0 Å². The van der Waals surface area contributed by atoms with Crippen LogP contribution in [0.5, 0.6) is 0 Å². The molecule has 0 heteroatoms. The lowest BCUT2D eigenvalue weighted by Crippen LogP contribution is -2.22. The predicted molar refractivity (Wildman–Crippen MR) is 87.2 cm³/mol. The molecule has 0 spiro atoms. The van der Waals surface area contributed by atoms with Gasteiger partial charge in [0.05, 0.1) is 0 Å². The van der Waals surface area contributed by atoms with Crippen molar-refractivity contribution in [3.8, 4) is 0 Å². The van der Waals surface area contributed by atoms with Crippen molar-refractivity contribution in [1.82, 2.24) is 0 Å². The molecule has 0 atom stereocenters. The molecule has 0 N–H and O–H groups in total. The largest absolute Gasteiger partial charge is 0.0599 e. The van der Waals surface area contributed by atoms with Crippen molar-refractivity contribution in [3.05, 3.63) is 33.4 Å². The summed E-state index contributed by atoms with van der Waals surface area (Å²) in [6.45, 7) is 23.2. The standard InChI is InChI=1S/C19H32/c1-12-13(2)15(4)17(19(8,9)10)16(14(12)3)11-18(5,6)7/h11H2,1-10H3. The number of rotatable bonds is 1. The number of benzene rings is 1. The molecule has 0 aliphatic rings. The molecule has 108 valence electrons.